The third-order valence-corrected chi connectivity index (χ3v) is 5.13. The van der Waals surface area contributed by atoms with Crippen molar-refractivity contribution in [3.8, 4) is 0 Å². The van der Waals surface area contributed by atoms with E-state index < -0.39 is 13.4 Å². The summed E-state index contributed by atoms with van der Waals surface area (Å²) in [5.41, 5.74) is 0.840. The number of aryl methyl sites for hydroxylation is 1. The standard InChI is InChI=1S/C15H22ClN2O4P/c1-6-21-23(20,22-7-2)13(10-18(4)5)14(19)12-9-8-11(3)17-15(12)16/h8-10H,6-7H2,1-5H3/b13-10-. The lowest BCUT2D eigenvalue weighted by Gasteiger charge is -2.21. The molecule has 128 valence electrons. The van der Waals surface area contributed by atoms with Gasteiger partial charge in [-0.1, -0.05) is 11.6 Å². The summed E-state index contributed by atoms with van der Waals surface area (Å²) in [6.07, 6.45) is 1.44. The quantitative estimate of drug-likeness (QED) is 0.303. The molecule has 1 aromatic heterocycles. The van der Waals surface area contributed by atoms with Crippen LogP contribution in [0, 0.1) is 6.92 Å². The Bertz CT molecular complexity index is 636. The first kappa shape index (κ1) is 19.8. The smallest absolute Gasteiger partial charge is 0.366 e. The SMILES string of the molecule is CCOP(=O)(OCC)/C(=C\N(C)C)C(=O)c1ccc(C)nc1Cl. The molecule has 0 radical (unpaired) electrons. The highest BCUT2D eigenvalue weighted by molar-refractivity contribution is 7.60. The van der Waals surface area contributed by atoms with Gasteiger partial charge in [-0.15, -0.1) is 0 Å². The molecule has 0 aliphatic heterocycles. The van der Waals surface area contributed by atoms with E-state index in [1.54, 1.807) is 51.9 Å². The largest absolute Gasteiger partial charge is 0.383 e. The minimum absolute atomic E-state index is 0.0548. The van der Waals surface area contributed by atoms with Gasteiger partial charge in [0.1, 0.15) is 10.5 Å². The van der Waals surface area contributed by atoms with E-state index in [4.69, 9.17) is 20.6 Å². The maximum atomic E-state index is 13.0. The molecule has 0 bridgehead atoms. The van der Waals surface area contributed by atoms with Crippen LogP contribution in [0.2, 0.25) is 5.15 Å². The van der Waals surface area contributed by atoms with Gasteiger partial charge in [0.05, 0.1) is 18.8 Å². The molecule has 0 unspecified atom stereocenters. The normalized spacial score (nSPS) is 12.3. The van der Waals surface area contributed by atoms with Crippen molar-refractivity contribution in [1.29, 1.82) is 0 Å². The van der Waals surface area contributed by atoms with E-state index in [9.17, 15) is 9.36 Å². The summed E-state index contributed by atoms with van der Waals surface area (Å²) < 4.78 is 23.6. The molecular formula is C15H22ClN2O4P. The van der Waals surface area contributed by atoms with Crippen molar-refractivity contribution >= 4 is 25.0 Å². The van der Waals surface area contributed by atoms with Crippen LogP contribution in [0.15, 0.2) is 23.6 Å². The fourth-order valence-corrected chi connectivity index (χ4v) is 3.90. The van der Waals surface area contributed by atoms with Crippen LogP contribution in [0.3, 0.4) is 0 Å². The first-order valence-electron chi connectivity index (χ1n) is 7.21. The van der Waals surface area contributed by atoms with Crippen LogP contribution in [0.1, 0.15) is 29.9 Å². The number of hydrogen-bond donors (Lipinski definition) is 0. The van der Waals surface area contributed by atoms with E-state index >= 15 is 0 Å². The number of hydrogen-bond acceptors (Lipinski definition) is 6. The number of ketones is 1. The number of allylic oxidation sites excluding steroid dienone is 1. The number of carbonyl (C=O) groups excluding carboxylic acids is 1. The predicted octanol–water partition coefficient (Wildman–Crippen LogP) is 3.90. The number of carbonyl (C=O) groups is 1. The number of nitrogens with zero attached hydrogens (tertiary/aromatic N) is 2. The van der Waals surface area contributed by atoms with E-state index in [0.29, 0.717) is 5.69 Å². The molecule has 0 saturated heterocycles. The van der Waals surface area contributed by atoms with Gasteiger partial charge in [0, 0.05) is 26.0 Å². The Hall–Kier alpha value is -1.20. The molecule has 8 heteroatoms. The molecule has 1 heterocycles. The van der Waals surface area contributed by atoms with Gasteiger partial charge in [-0.3, -0.25) is 9.36 Å². The molecule has 6 nitrogen and oxygen atoms in total. The predicted molar refractivity (Wildman–Crippen MR) is 90.9 cm³/mol. The highest BCUT2D eigenvalue weighted by Gasteiger charge is 2.36. The van der Waals surface area contributed by atoms with Crippen molar-refractivity contribution in [2.75, 3.05) is 27.3 Å². The average Bonchev–Trinajstić information content (AvgIpc) is 2.44. The van der Waals surface area contributed by atoms with Crippen molar-refractivity contribution < 1.29 is 18.4 Å². The zero-order valence-electron chi connectivity index (χ0n) is 14.0. The van der Waals surface area contributed by atoms with Crippen molar-refractivity contribution in [3.63, 3.8) is 0 Å². The topological polar surface area (TPSA) is 68.7 Å². The number of pyridine rings is 1. The molecule has 0 fully saturated rings. The van der Waals surface area contributed by atoms with Gasteiger partial charge < -0.3 is 13.9 Å². The van der Waals surface area contributed by atoms with Gasteiger partial charge >= 0.3 is 7.60 Å². The average molecular weight is 361 g/mol. The molecule has 0 aromatic carbocycles. The van der Waals surface area contributed by atoms with Gasteiger partial charge in [0.2, 0.25) is 5.78 Å². The van der Waals surface area contributed by atoms with E-state index in [-0.39, 0.29) is 29.2 Å². The lowest BCUT2D eigenvalue weighted by Crippen LogP contribution is -2.14. The van der Waals surface area contributed by atoms with E-state index in [2.05, 4.69) is 4.98 Å². The highest BCUT2D eigenvalue weighted by Crippen LogP contribution is 2.57. The molecule has 1 aromatic rings. The summed E-state index contributed by atoms with van der Waals surface area (Å²) in [6, 6.07) is 3.22. The van der Waals surface area contributed by atoms with Crippen LogP contribution in [0.25, 0.3) is 0 Å². The molecule has 0 N–H and O–H groups in total. The summed E-state index contributed by atoms with van der Waals surface area (Å²) in [6.45, 7) is 5.43. The Kier molecular flexibility index (Phi) is 7.42. The molecule has 23 heavy (non-hydrogen) atoms. The number of Topliss-reactive ketones (excluding diaryl/α,β-unsaturated/α-hetero) is 1. The van der Waals surface area contributed by atoms with Gasteiger partial charge in [0.25, 0.3) is 0 Å². The Labute approximate surface area is 142 Å². The van der Waals surface area contributed by atoms with Crippen LogP contribution in [-0.2, 0) is 13.6 Å². The van der Waals surface area contributed by atoms with Crippen molar-refractivity contribution in [1.82, 2.24) is 9.88 Å². The Morgan fingerprint density at radius 1 is 1.30 bits per heavy atom. The summed E-state index contributed by atoms with van der Waals surface area (Å²) in [7, 11) is -0.328. The zero-order chi connectivity index (χ0) is 17.6. The summed E-state index contributed by atoms with van der Waals surface area (Å²) in [4.78, 5) is 18.5. The summed E-state index contributed by atoms with van der Waals surface area (Å²) >= 11 is 6.07. The maximum Gasteiger partial charge on any atom is 0.366 e. The van der Waals surface area contributed by atoms with Gasteiger partial charge in [-0.25, -0.2) is 4.98 Å². The second-order valence-corrected chi connectivity index (χ2v) is 7.28. The highest BCUT2D eigenvalue weighted by atomic mass is 35.5. The van der Waals surface area contributed by atoms with Crippen LogP contribution in [0.5, 0.6) is 0 Å². The monoisotopic (exact) mass is 360 g/mol. The summed E-state index contributed by atoms with van der Waals surface area (Å²) in [5, 5.41) is -0.0158. The van der Waals surface area contributed by atoms with E-state index in [1.165, 1.54) is 6.20 Å². The molecular weight excluding hydrogens is 339 g/mol. The number of aromatic nitrogens is 1. The first-order chi connectivity index (χ1) is 10.7. The molecule has 0 atom stereocenters. The maximum absolute atomic E-state index is 13.0. The van der Waals surface area contributed by atoms with E-state index in [1.807, 2.05) is 0 Å². The Morgan fingerprint density at radius 3 is 2.30 bits per heavy atom. The van der Waals surface area contributed by atoms with E-state index in [0.717, 1.165) is 0 Å². The fourth-order valence-electron chi connectivity index (χ4n) is 1.85. The summed E-state index contributed by atoms with van der Waals surface area (Å²) in [5.74, 6) is -0.526. The van der Waals surface area contributed by atoms with Crippen molar-refractivity contribution in [2.45, 2.75) is 20.8 Å². The minimum Gasteiger partial charge on any atom is -0.383 e. The molecule has 0 amide bonds. The molecule has 0 spiro atoms. The van der Waals surface area contributed by atoms with Gasteiger partial charge in [-0.05, 0) is 32.9 Å². The van der Waals surface area contributed by atoms with Crippen LogP contribution in [-0.4, -0.2) is 43.0 Å². The van der Waals surface area contributed by atoms with Crippen LogP contribution in [0.4, 0.5) is 0 Å². The van der Waals surface area contributed by atoms with Crippen molar-refractivity contribution in [2.24, 2.45) is 0 Å². The van der Waals surface area contributed by atoms with Crippen molar-refractivity contribution in [3.05, 3.63) is 40.1 Å². The molecule has 0 saturated carbocycles. The number of halogens is 1. The molecule has 1 rings (SSSR count). The first-order valence-corrected chi connectivity index (χ1v) is 9.13. The van der Waals surface area contributed by atoms with Gasteiger partial charge in [-0.2, -0.15) is 0 Å². The molecule has 0 aliphatic carbocycles. The molecule has 0 aliphatic rings. The lowest BCUT2D eigenvalue weighted by atomic mass is 10.1. The Balaban J connectivity index is 3.41. The van der Waals surface area contributed by atoms with Crippen LogP contribution >= 0.6 is 19.2 Å². The lowest BCUT2D eigenvalue weighted by molar-refractivity contribution is 0.103. The fraction of sp³-hybridized carbons (Fsp3) is 0.467. The van der Waals surface area contributed by atoms with Crippen LogP contribution < -0.4 is 0 Å². The zero-order valence-corrected chi connectivity index (χ0v) is 15.6. The minimum atomic E-state index is -3.75. The Morgan fingerprint density at radius 2 is 1.87 bits per heavy atom. The second-order valence-electron chi connectivity index (χ2n) is 4.93. The number of rotatable bonds is 8. The third kappa shape index (κ3) is 5.15. The second kappa shape index (κ2) is 8.60. The van der Waals surface area contributed by atoms with Gasteiger partial charge in [0.15, 0.2) is 0 Å². The third-order valence-electron chi connectivity index (χ3n) is 2.74.